The van der Waals surface area contributed by atoms with Gasteiger partial charge >= 0.3 is 0 Å². The van der Waals surface area contributed by atoms with Crippen molar-refractivity contribution in [3.8, 4) is 0 Å². The highest BCUT2D eigenvalue weighted by Crippen LogP contribution is 2.35. The van der Waals surface area contributed by atoms with Crippen LogP contribution >= 0.6 is 0 Å². The van der Waals surface area contributed by atoms with Gasteiger partial charge in [0.1, 0.15) is 23.4 Å². The third-order valence-corrected chi connectivity index (χ3v) is 3.98. The number of benzene rings is 1. The van der Waals surface area contributed by atoms with E-state index in [-0.39, 0.29) is 11.5 Å². The van der Waals surface area contributed by atoms with Gasteiger partial charge in [0.2, 0.25) is 0 Å². The molecule has 0 aliphatic heterocycles. The predicted octanol–water partition coefficient (Wildman–Crippen LogP) is 4.93. The maximum atomic E-state index is 6.09. The van der Waals surface area contributed by atoms with Gasteiger partial charge in [0.05, 0.1) is 11.7 Å². The fourth-order valence-corrected chi connectivity index (χ4v) is 2.63. The van der Waals surface area contributed by atoms with Gasteiger partial charge in [-0.2, -0.15) is 0 Å². The average Bonchev–Trinajstić information content (AvgIpc) is 3.21. The Labute approximate surface area is 130 Å². The van der Waals surface area contributed by atoms with Crippen molar-refractivity contribution in [2.24, 2.45) is 0 Å². The van der Waals surface area contributed by atoms with Crippen molar-refractivity contribution in [2.75, 3.05) is 7.11 Å². The van der Waals surface area contributed by atoms with Crippen molar-refractivity contribution in [2.45, 2.75) is 25.4 Å². The lowest BCUT2D eigenvalue weighted by molar-refractivity contribution is 0.113. The second-order valence-electron chi connectivity index (χ2n) is 5.83. The average molecular weight is 296 g/mol. The molecule has 0 saturated heterocycles. The highest BCUT2D eigenvalue weighted by atomic mass is 16.5. The normalized spacial score (nSPS) is 13.2. The van der Waals surface area contributed by atoms with E-state index in [4.69, 9.17) is 13.6 Å². The minimum Gasteiger partial charge on any atom is -0.468 e. The maximum absolute atomic E-state index is 6.09. The molecule has 0 radical (unpaired) electrons. The Morgan fingerprint density at radius 2 is 1.68 bits per heavy atom. The minimum atomic E-state index is -0.323. The molecule has 0 aliphatic rings. The fourth-order valence-electron chi connectivity index (χ4n) is 2.63. The summed E-state index contributed by atoms with van der Waals surface area (Å²) in [7, 11) is 1.69. The molecule has 1 atom stereocenters. The molecule has 3 aromatic rings. The molecule has 22 heavy (non-hydrogen) atoms. The summed E-state index contributed by atoms with van der Waals surface area (Å²) in [6, 6.07) is 17.9. The summed E-state index contributed by atoms with van der Waals surface area (Å²) in [6.07, 6.45) is 1.48. The van der Waals surface area contributed by atoms with Crippen LogP contribution in [0.15, 0.2) is 69.7 Å². The van der Waals surface area contributed by atoms with Gasteiger partial charge in [-0.1, -0.05) is 30.3 Å². The van der Waals surface area contributed by atoms with Gasteiger partial charge in [0.25, 0.3) is 0 Å². The van der Waals surface area contributed by atoms with Gasteiger partial charge < -0.3 is 13.6 Å². The van der Waals surface area contributed by atoms with Crippen LogP contribution < -0.4 is 0 Å². The van der Waals surface area contributed by atoms with Crippen molar-refractivity contribution in [1.82, 2.24) is 0 Å². The summed E-state index contributed by atoms with van der Waals surface area (Å²) in [4.78, 5) is 0. The molecule has 3 rings (SSSR count). The standard InChI is InChI=1S/C19H20O3/c1-19(2,16-10-7-13-21-16)17-12-11-15(22-17)18(20-3)14-8-5-4-6-9-14/h4-13,18H,1-3H3. The highest BCUT2D eigenvalue weighted by Gasteiger charge is 2.30. The minimum absolute atomic E-state index is 0.206. The van der Waals surface area contributed by atoms with Crippen LogP contribution in [-0.2, 0) is 10.2 Å². The summed E-state index contributed by atoms with van der Waals surface area (Å²) < 4.78 is 17.3. The van der Waals surface area contributed by atoms with Gasteiger partial charge in [-0.05, 0) is 43.7 Å². The number of ether oxygens (including phenoxy) is 1. The number of hydrogen-bond acceptors (Lipinski definition) is 3. The number of furan rings is 2. The van der Waals surface area contributed by atoms with Crippen LogP contribution in [0, 0.1) is 0 Å². The van der Waals surface area contributed by atoms with Gasteiger partial charge in [-0.15, -0.1) is 0 Å². The van der Waals surface area contributed by atoms with Crippen molar-refractivity contribution >= 4 is 0 Å². The predicted molar refractivity (Wildman–Crippen MR) is 84.8 cm³/mol. The van der Waals surface area contributed by atoms with Crippen LogP contribution in [0.3, 0.4) is 0 Å². The monoisotopic (exact) mass is 296 g/mol. The van der Waals surface area contributed by atoms with Gasteiger partial charge in [-0.3, -0.25) is 0 Å². The van der Waals surface area contributed by atoms with E-state index in [2.05, 4.69) is 13.8 Å². The van der Waals surface area contributed by atoms with E-state index < -0.39 is 0 Å². The van der Waals surface area contributed by atoms with Crippen molar-refractivity contribution in [3.63, 3.8) is 0 Å². The van der Waals surface area contributed by atoms with Crippen LogP contribution in [0.25, 0.3) is 0 Å². The van der Waals surface area contributed by atoms with E-state index in [9.17, 15) is 0 Å². The number of methoxy groups -OCH3 is 1. The van der Waals surface area contributed by atoms with Gasteiger partial charge in [0, 0.05) is 7.11 Å². The first-order valence-electron chi connectivity index (χ1n) is 7.35. The fraction of sp³-hybridized carbons (Fsp3) is 0.263. The van der Waals surface area contributed by atoms with E-state index in [0.29, 0.717) is 0 Å². The zero-order valence-electron chi connectivity index (χ0n) is 13.1. The molecule has 1 unspecified atom stereocenters. The quantitative estimate of drug-likeness (QED) is 0.669. The van der Waals surface area contributed by atoms with E-state index in [1.807, 2.05) is 54.6 Å². The third-order valence-electron chi connectivity index (χ3n) is 3.98. The van der Waals surface area contributed by atoms with Crippen LogP contribution in [0.1, 0.15) is 42.8 Å². The summed E-state index contributed by atoms with van der Waals surface area (Å²) in [5, 5.41) is 0. The van der Waals surface area contributed by atoms with Crippen molar-refractivity contribution in [1.29, 1.82) is 0 Å². The third kappa shape index (κ3) is 2.60. The number of hydrogen-bond donors (Lipinski definition) is 0. The molecule has 2 heterocycles. The Morgan fingerprint density at radius 1 is 0.909 bits per heavy atom. The van der Waals surface area contributed by atoms with Crippen molar-refractivity contribution < 1.29 is 13.6 Å². The molecular weight excluding hydrogens is 276 g/mol. The Hall–Kier alpha value is -2.26. The molecule has 3 heteroatoms. The molecule has 3 nitrogen and oxygen atoms in total. The largest absolute Gasteiger partial charge is 0.468 e. The molecule has 0 spiro atoms. The zero-order valence-corrected chi connectivity index (χ0v) is 13.1. The molecule has 0 fully saturated rings. The summed E-state index contributed by atoms with van der Waals surface area (Å²) in [5.74, 6) is 2.53. The van der Waals surface area contributed by atoms with E-state index in [1.54, 1.807) is 13.4 Å². The highest BCUT2D eigenvalue weighted by molar-refractivity contribution is 5.30. The molecule has 1 aromatic carbocycles. The molecule has 0 amide bonds. The summed E-state index contributed by atoms with van der Waals surface area (Å²) in [6.45, 7) is 4.16. The van der Waals surface area contributed by atoms with Crippen LogP contribution in [0.4, 0.5) is 0 Å². The Balaban J connectivity index is 1.93. The second kappa shape index (κ2) is 5.85. The molecule has 0 N–H and O–H groups in total. The van der Waals surface area contributed by atoms with E-state index in [0.717, 1.165) is 22.8 Å². The molecule has 0 saturated carbocycles. The smallest absolute Gasteiger partial charge is 0.140 e. The Bertz CT molecular complexity index is 708. The SMILES string of the molecule is COC(c1ccccc1)c1ccc(C(C)(C)c2ccco2)o1. The lowest BCUT2D eigenvalue weighted by Gasteiger charge is -2.20. The first kappa shape index (κ1) is 14.7. The summed E-state index contributed by atoms with van der Waals surface area (Å²) >= 11 is 0. The van der Waals surface area contributed by atoms with Crippen LogP contribution in [0.5, 0.6) is 0 Å². The molecular formula is C19H20O3. The van der Waals surface area contributed by atoms with Crippen LogP contribution in [0.2, 0.25) is 0 Å². The van der Waals surface area contributed by atoms with Gasteiger partial charge in [0.15, 0.2) is 0 Å². The van der Waals surface area contributed by atoms with Crippen LogP contribution in [-0.4, -0.2) is 7.11 Å². The summed E-state index contributed by atoms with van der Waals surface area (Å²) in [5.41, 5.74) is 0.748. The molecule has 2 aromatic heterocycles. The molecule has 0 aliphatic carbocycles. The number of rotatable bonds is 5. The molecule has 0 bridgehead atoms. The first-order valence-corrected chi connectivity index (χ1v) is 7.35. The van der Waals surface area contributed by atoms with Gasteiger partial charge in [-0.25, -0.2) is 0 Å². The lowest BCUT2D eigenvalue weighted by atomic mass is 9.87. The van der Waals surface area contributed by atoms with E-state index >= 15 is 0 Å². The van der Waals surface area contributed by atoms with E-state index in [1.165, 1.54) is 0 Å². The topological polar surface area (TPSA) is 35.5 Å². The Morgan fingerprint density at radius 3 is 2.32 bits per heavy atom. The first-order chi connectivity index (χ1) is 10.6. The zero-order chi connectivity index (χ0) is 15.6. The van der Waals surface area contributed by atoms with Crippen molar-refractivity contribution in [3.05, 3.63) is 83.7 Å². The maximum Gasteiger partial charge on any atom is 0.140 e. The molecule has 114 valence electrons. The second-order valence-corrected chi connectivity index (χ2v) is 5.83. The lowest BCUT2D eigenvalue weighted by Crippen LogP contribution is -2.17. The Kier molecular flexibility index (Phi) is 3.90.